The van der Waals surface area contributed by atoms with Crippen LogP contribution in [0.5, 0.6) is 11.5 Å². The van der Waals surface area contributed by atoms with E-state index < -0.39 is 5.97 Å². The van der Waals surface area contributed by atoms with E-state index in [0.29, 0.717) is 25.1 Å². The third-order valence-electron chi connectivity index (χ3n) is 6.40. The molecule has 8 heteroatoms. The zero-order valence-electron chi connectivity index (χ0n) is 18.2. The SMILES string of the molecule is COc1cc(CNc2nc(C3CCC(C(=O)O)CC3)nc3sc4ccccc4c23)ccc1O. The first-order valence-corrected chi connectivity index (χ1v) is 11.9. The largest absolute Gasteiger partial charge is 0.504 e. The predicted molar refractivity (Wildman–Crippen MR) is 129 cm³/mol. The molecular formula is C25H25N3O4S. The van der Waals surface area contributed by atoms with E-state index in [1.165, 1.54) is 7.11 Å². The Morgan fingerprint density at radius 3 is 2.70 bits per heavy atom. The van der Waals surface area contributed by atoms with Crippen LogP contribution in [0.25, 0.3) is 20.3 Å². The number of benzene rings is 2. The molecule has 5 rings (SSSR count). The van der Waals surface area contributed by atoms with Gasteiger partial charge in [-0.1, -0.05) is 24.3 Å². The van der Waals surface area contributed by atoms with E-state index >= 15 is 0 Å². The Kier molecular flexibility index (Phi) is 5.76. The second-order valence-electron chi connectivity index (χ2n) is 8.46. The highest BCUT2D eigenvalue weighted by Crippen LogP contribution is 2.40. The summed E-state index contributed by atoms with van der Waals surface area (Å²) in [6.07, 6.45) is 2.87. The Bertz CT molecular complexity index is 1330. The summed E-state index contributed by atoms with van der Waals surface area (Å²) >= 11 is 1.65. The smallest absolute Gasteiger partial charge is 0.306 e. The van der Waals surface area contributed by atoms with Crippen LogP contribution in [0.1, 0.15) is 43.0 Å². The van der Waals surface area contributed by atoms with Crippen LogP contribution in [-0.2, 0) is 11.3 Å². The lowest BCUT2D eigenvalue weighted by atomic mass is 9.81. The average molecular weight is 464 g/mol. The number of phenolic OH excluding ortho intramolecular Hbond substituents is 1. The van der Waals surface area contributed by atoms with Gasteiger partial charge in [-0.15, -0.1) is 11.3 Å². The molecule has 1 aliphatic rings. The lowest BCUT2D eigenvalue weighted by molar-refractivity contribution is -0.142. The Hall–Kier alpha value is -3.39. The minimum absolute atomic E-state index is 0.105. The van der Waals surface area contributed by atoms with Gasteiger partial charge >= 0.3 is 5.97 Å². The number of rotatable bonds is 6. The summed E-state index contributed by atoms with van der Waals surface area (Å²) in [5, 5.41) is 24.8. The van der Waals surface area contributed by atoms with Crippen molar-refractivity contribution >= 4 is 43.4 Å². The molecule has 0 atom stereocenters. The molecule has 2 aromatic heterocycles. The van der Waals surface area contributed by atoms with E-state index in [2.05, 4.69) is 17.4 Å². The predicted octanol–water partition coefficient (Wildman–Crippen LogP) is 5.53. The third-order valence-corrected chi connectivity index (χ3v) is 7.47. The Labute approximate surface area is 195 Å². The summed E-state index contributed by atoms with van der Waals surface area (Å²) in [6.45, 7) is 0.512. The van der Waals surface area contributed by atoms with Crippen molar-refractivity contribution in [2.45, 2.75) is 38.1 Å². The number of carbonyl (C=O) groups is 1. The maximum atomic E-state index is 11.3. The van der Waals surface area contributed by atoms with Crippen molar-refractivity contribution in [2.75, 3.05) is 12.4 Å². The maximum absolute atomic E-state index is 11.3. The molecule has 7 nitrogen and oxygen atoms in total. The van der Waals surface area contributed by atoms with Gasteiger partial charge in [0.05, 0.1) is 18.4 Å². The van der Waals surface area contributed by atoms with Crippen molar-refractivity contribution in [3.05, 3.63) is 53.9 Å². The summed E-state index contributed by atoms with van der Waals surface area (Å²) in [5.74, 6) is 1.28. The number of aliphatic carboxylic acids is 1. The molecule has 1 aliphatic carbocycles. The number of nitrogens with one attached hydrogen (secondary N) is 1. The van der Waals surface area contributed by atoms with Gasteiger partial charge in [-0.25, -0.2) is 9.97 Å². The van der Waals surface area contributed by atoms with Gasteiger partial charge in [0.2, 0.25) is 0 Å². The van der Waals surface area contributed by atoms with Crippen molar-refractivity contribution in [2.24, 2.45) is 5.92 Å². The minimum Gasteiger partial charge on any atom is -0.504 e. The number of carboxylic acid groups (broad SMARTS) is 1. The molecule has 33 heavy (non-hydrogen) atoms. The van der Waals surface area contributed by atoms with Gasteiger partial charge in [0.1, 0.15) is 16.5 Å². The molecule has 0 unspecified atom stereocenters. The molecule has 0 radical (unpaired) electrons. The van der Waals surface area contributed by atoms with Crippen LogP contribution >= 0.6 is 11.3 Å². The summed E-state index contributed by atoms with van der Waals surface area (Å²) in [5.41, 5.74) is 0.958. The molecular weight excluding hydrogens is 438 g/mol. The number of ether oxygens (including phenoxy) is 1. The number of phenols is 1. The Morgan fingerprint density at radius 1 is 1.15 bits per heavy atom. The number of fused-ring (bicyclic) bond motifs is 3. The van der Waals surface area contributed by atoms with Crippen molar-refractivity contribution in [3.63, 3.8) is 0 Å². The van der Waals surface area contributed by atoms with E-state index in [0.717, 1.165) is 50.4 Å². The monoisotopic (exact) mass is 463 g/mol. The van der Waals surface area contributed by atoms with Crippen LogP contribution in [-0.4, -0.2) is 33.3 Å². The molecule has 170 valence electrons. The summed E-state index contributed by atoms with van der Waals surface area (Å²) < 4.78 is 6.39. The number of carboxylic acids is 1. The van der Waals surface area contributed by atoms with Gasteiger partial charge < -0.3 is 20.3 Å². The Balaban J connectivity index is 1.50. The topological polar surface area (TPSA) is 105 Å². The Morgan fingerprint density at radius 2 is 1.94 bits per heavy atom. The molecule has 0 aliphatic heterocycles. The molecule has 0 saturated heterocycles. The highest BCUT2D eigenvalue weighted by Gasteiger charge is 2.29. The molecule has 1 saturated carbocycles. The van der Waals surface area contributed by atoms with E-state index in [1.54, 1.807) is 23.5 Å². The third kappa shape index (κ3) is 4.18. The summed E-state index contributed by atoms with van der Waals surface area (Å²) in [4.78, 5) is 22.2. The molecule has 0 amide bonds. The molecule has 3 N–H and O–H groups in total. The summed E-state index contributed by atoms with van der Waals surface area (Å²) in [6, 6.07) is 13.5. The van der Waals surface area contributed by atoms with Crippen LogP contribution in [0.15, 0.2) is 42.5 Å². The number of nitrogens with zero attached hydrogens (tertiary/aromatic N) is 2. The second kappa shape index (κ2) is 8.86. The standard InChI is InChI=1S/C25H25N3O4S/c1-32-19-12-14(6-11-18(19)29)13-26-23-21-17-4-2-3-5-20(17)33-24(21)28-22(27-23)15-7-9-16(10-8-15)25(30)31/h2-6,11-12,15-16,29H,7-10,13H2,1H3,(H,30,31)(H,26,27,28). The van der Waals surface area contributed by atoms with Crippen LogP contribution < -0.4 is 10.1 Å². The van der Waals surface area contributed by atoms with Gasteiger partial charge in [0.25, 0.3) is 0 Å². The van der Waals surface area contributed by atoms with Crippen molar-refractivity contribution < 1.29 is 19.7 Å². The number of aromatic nitrogens is 2. The zero-order chi connectivity index (χ0) is 22.9. The second-order valence-corrected chi connectivity index (χ2v) is 9.49. The number of hydrogen-bond acceptors (Lipinski definition) is 7. The van der Waals surface area contributed by atoms with Gasteiger partial charge in [-0.3, -0.25) is 4.79 Å². The molecule has 4 aromatic rings. The van der Waals surface area contributed by atoms with Crippen LogP contribution in [0, 0.1) is 5.92 Å². The normalized spacial score (nSPS) is 18.5. The fourth-order valence-electron chi connectivity index (χ4n) is 4.57. The molecule has 0 spiro atoms. The summed E-state index contributed by atoms with van der Waals surface area (Å²) in [7, 11) is 1.53. The lowest BCUT2D eigenvalue weighted by Crippen LogP contribution is -2.21. The molecule has 0 bridgehead atoms. The number of methoxy groups -OCH3 is 1. The fourth-order valence-corrected chi connectivity index (χ4v) is 5.65. The van der Waals surface area contributed by atoms with Crippen LogP contribution in [0.3, 0.4) is 0 Å². The first kappa shape index (κ1) is 21.5. The van der Waals surface area contributed by atoms with Gasteiger partial charge in [-0.2, -0.15) is 0 Å². The van der Waals surface area contributed by atoms with Gasteiger partial charge in [0, 0.05) is 22.5 Å². The fraction of sp³-hybridized carbons (Fsp3) is 0.320. The van der Waals surface area contributed by atoms with Crippen LogP contribution in [0.4, 0.5) is 5.82 Å². The first-order valence-electron chi connectivity index (χ1n) is 11.0. The zero-order valence-corrected chi connectivity index (χ0v) is 19.1. The number of thiophene rings is 1. The molecule has 1 fully saturated rings. The maximum Gasteiger partial charge on any atom is 0.306 e. The van der Waals surface area contributed by atoms with Crippen molar-refractivity contribution in [1.29, 1.82) is 0 Å². The molecule has 2 heterocycles. The van der Waals surface area contributed by atoms with Gasteiger partial charge in [0.15, 0.2) is 11.5 Å². The highest BCUT2D eigenvalue weighted by molar-refractivity contribution is 7.25. The van der Waals surface area contributed by atoms with E-state index in [1.807, 2.05) is 18.2 Å². The number of aromatic hydroxyl groups is 1. The highest BCUT2D eigenvalue weighted by atomic mass is 32.1. The average Bonchev–Trinajstić information content (AvgIpc) is 3.22. The quantitative estimate of drug-likeness (QED) is 0.345. The van der Waals surface area contributed by atoms with Crippen molar-refractivity contribution in [1.82, 2.24) is 9.97 Å². The first-order chi connectivity index (χ1) is 16.0. The lowest BCUT2D eigenvalue weighted by Gasteiger charge is -2.25. The van der Waals surface area contributed by atoms with E-state index in [4.69, 9.17) is 14.7 Å². The van der Waals surface area contributed by atoms with Crippen molar-refractivity contribution in [3.8, 4) is 11.5 Å². The number of hydrogen-bond donors (Lipinski definition) is 3. The van der Waals surface area contributed by atoms with E-state index in [9.17, 15) is 15.0 Å². The van der Waals surface area contributed by atoms with Gasteiger partial charge in [-0.05, 0) is 49.4 Å². The molecule has 2 aromatic carbocycles. The van der Waals surface area contributed by atoms with E-state index in [-0.39, 0.29) is 17.6 Å². The minimum atomic E-state index is -0.707. The van der Waals surface area contributed by atoms with Crippen LogP contribution in [0.2, 0.25) is 0 Å². The number of anilines is 1.